The van der Waals surface area contributed by atoms with Gasteiger partial charge < -0.3 is 20.0 Å². The van der Waals surface area contributed by atoms with Crippen LogP contribution in [0.1, 0.15) is 0 Å². The average Bonchev–Trinajstić information content (AvgIpc) is 2.90. The number of amides is 1. The third kappa shape index (κ3) is 33.7. The van der Waals surface area contributed by atoms with Crippen molar-refractivity contribution < 1.29 is 28.6 Å². The number of aliphatic hydroxyl groups excluding tert-OH is 1. The van der Waals surface area contributed by atoms with Gasteiger partial charge in [0.25, 0.3) is 0 Å². The zero-order valence-electron chi connectivity index (χ0n) is 20.5. The van der Waals surface area contributed by atoms with E-state index in [2.05, 4.69) is 21.6 Å². The molecule has 9 nitrogen and oxygen atoms in total. The Kier molecular flexibility index (Phi) is 35.3. The summed E-state index contributed by atoms with van der Waals surface area (Å²) in [6.45, 7) is 0.154. The Labute approximate surface area is 261 Å². The smallest absolute Gasteiger partial charge is 0.408 e. The number of hydrogen-bond donors (Lipinski definition) is 2. The van der Waals surface area contributed by atoms with Crippen molar-refractivity contribution in [2.45, 2.75) is 0 Å². The molecule has 0 aliphatic carbocycles. The number of alkyl carbamates (subject to hydrolysis) is 1. The van der Waals surface area contributed by atoms with Gasteiger partial charge in [0.05, 0.1) is 40.6 Å². The van der Waals surface area contributed by atoms with Crippen LogP contribution in [0.2, 0.25) is 0 Å². The van der Waals surface area contributed by atoms with E-state index in [1.807, 2.05) is 0 Å². The van der Waals surface area contributed by atoms with E-state index in [9.17, 15) is 9.00 Å². The van der Waals surface area contributed by atoms with E-state index in [1.54, 1.807) is 106 Å². The molecule has 0 fully saturated rings. The first kappa shape index (κ1) is 38.6. The molecule has 0 saturated carbocycles. The molecule has 0 aromatic carbocycles. The lowest BCUT2D eigenvalue weighted by Crippen LogP contribution is -2.23. The molecule has 0 aromatic rings. The fraction of sp³-hybridized carbons (Fsp3) is 0.833. The normalized spacial score (nSPS) is 12.4. The van der Waals surface area contributed by atoms with Crippen LogP contribution < -0.4 is 5.32 Å². The first-order valence-electron chi connectivity index (χ1n) is 10.5. The number of nitrogens with one attached hydrogen (secondary N) is 1. The van der Waals surface area contributed by atoms with Gasteiger partial charge in [0, 0.05) is 42.7 Å². The number of thioether (sulfide) groups is 9. The number of nitrogens with zero attached hydrogens (tertiary/aromatic N) is 2. The van der Waals surface area contributed by atoms with Crippen LogP contribution in [-0.4, -0.2) is 112 Å². The zero-order chi connectivity index (χ0) is 27.1. The molecule has 0 radical (unpaired) electrons. The molecule has 1 atom stereocenters. The van der Waals surface area contributed by atoms with Crippen LogP contribution in [-0.2, 0) is 25.3 Å². The Morgan fingerprint density at radius 2 is 1.59 bits per heavy atom. The molecule has 0 aliphatic heterocycles. The molecule has 0 spiro atoms. The number of aliphatic imine (C=N–C) groups is 2. The van der Waals surface area contributed by atoms with Crippen LogP contribution in [0.4, 0.5) is 4.79 Å². The SMILES string of the molecule is CSCSCN=COOCSCSCSCOC(=O)NCSCSCSCN=CS(=O)CCSCCO. The van der Waals surface area contributed by atoms with Gasteiger partial charge in [-0.1, -0.05) is 0 Å². The highest BCUT2D eigenvalue weighted by atomic mass is 32.2. The summed E-state index contributed by atoms with van der Waals surface area (Å²) in [6, 6.07) is 0. The molecule has 19 heteroatoms. The van der Waals surface area contributed by atoms with Crippen molar-refractivity contribution in [2.75, 3.05) is 85.1 Å². The molecule has 2 N–H and O–H groups in total. The fourth-order valence-electron chi connectivity index (χ4n) is 1.56. The average molecular weight is 710 g/mol. The van der Waals surface area contributed by atoms with Gasteiger partial charge in [-0.05, 0) is 6.26 Å². The second kappa shape index (κ2) is 33.8. The molecule has 37 heavy (non-hydrogen) atoms. The van der Waals surface area contributed by atoms with Crippen LogP contribution >= 0.6 is 106 Å². The number of carbonyl (C=O) groups excluding carboxylic acids is 1. The number of carbonyl (C=O) groups is 1. The van der Waals surface area contributed by atoms with E-state index in [4.69, 9.17) is 19.6 Å². The summed E-state index contributed by atoms with van der Waals surface area (Å²) in [7, 11) is -1.04. The standard InChI is InChI=1S/C18H35N3O6S10/c1-28-13-30-7-19-6-26-27-12-34-17-36-16-33-11-25-18(23)21-9-32-15-35-14-31-8-20-10-37(24)5-4-29-3-2-22/h6,10,22H,2-5,7-9,11-17H2,1H3,(H,21,23). The van der Waals surface area contributed by atoms with Gasteiger partial charge in [-0.25, -0.2) is 9.79 Å². The predicted molar refractivity (Wildman–Crippen MR) is 182 cm³/mol. The summed E-state index contributed by atoms with van der Waals surface area (Å²) in [5.74, 6) is 4.51. The van der Waals surface area contributed by atoms with Crippen molar-refractivity contribution in [1.29, 1.82) is 0 Å². The Balaban J connectivity index is 3.29. The summed E-state index contributed by atoms with van der Waals surface area (Å²) >= 11 is 14.9. The lowest BCUT2D eigenvalue weighted by molar-refractivity contribution is -0.196. The van der Waals surface area contributed by atoms with Gasteiger partial charge in [-0.15, -0.1) is 82.3 Å². The molecule has 0 aliphatic rings. The van der Waals surface area contributed by atoms with Crippen LogP contribution in [0.25, 0.3) is 0 Å². The van der Waals surface area contributed by atoms with E-state index >= 15 is 0 Å². The third-order valence-corrected chi connectivity index (χ3v) is 13.7. The van der Waals surface area contributed by atoms with Gasteiger partial charge >= 0.3 is 6.09 Å². The summed E-state index contributed by atoms with van der Waals surface area (Å²) in [6.07, 6.45) is 2.97. The monoisotopic (exact) mass is 709 g/mol. The summed E-state index contributed by atoms with van der Waals surface area (Å²) in [5, 5.41) is 15.8. The van der Waals surface area contributed by atoms with Gasteiger partial charge in [0.1, 0.15) is 11.9 Å². The minimum absolute atomic E-state index is 0.154. The summed E-state index contributed by atoms with van der Waals surface area (Å²) < 4.78 is 16.8. The molecule has 218 valence electrons. The van der Waals surface area contributed by atoms with Gasteiger partial charge in [0.15, 0.2) is 0 Å². The molecule has 0 aromatic heterocycles. The van der Waals surface area contributed by atoms with Gasteiger partial charge in [0.2, 0.25) is 6.40 Å². The Hall–Kier alpha value is 1.63. The highest BCUT2D eigenvalue weighted by Crippen LogP contribution is 2.19. The zero-order valence-corrected chi connectivity index (χ0v) is 28.7. The van der Waals surface area contributed by atoms with Crippen molar-refractivity contribution in [3.05, 3.63) is 0 Å². The van der Waals surface area contributed by atoms with Crippen molar-refractivity contribution in [2.24, 2.45) is 9.98 Å². The van der Waals surface area contributed by atoms with Gasteiger partial charge in [-0.3, -0.25) is 9.20 Å². The number of aliphatic hydroxyl groups is 1. The fourth-order valence-corrected chi connectivity index (χ4v) is 10.1. The summed E-state index contributed by atoms with van der Waals surface area (Å²) in [4.78, 5) is 29.7. The molecule has 0 rings (SSSR count). The number of ether oxygens (including phenoxy) is 1. The van der Waals surface area contributed by atoms with Crippen molar-refractivity contribution in [3.63, 3.8) is 0 Å². The maximum Gasteiger partial charge on any atom is 0.408 e. The van der Waals surface area contributed by atoms with Crippen LogP contribution in [0.3, 0.4) is 0 Å². The molecule has 0 saturated heterocycles. The van der Waals surface area contributed by atoms with Crippen molar-refractivity contribution in [3.8, 4) is 0 Å². The quantitative estimate of drug-likeness (QED) is 0.0274. The highest BCUT2D eigenvalue weighted by molar-refractivity contribution is 8.23. The first-order valence-corrected chi connectivity index (χ1v) is 22.5. The van der Waals surface area contributed by atoms with Crippen LogP contribution in [0.15, 0.2) is 9.98 Å². The van der Waals surface area contributed by atoms with Gasteiger partial charge in [-0.2, -0.15) is 28.4 Å². The van der Waals surface area contributed by atoms with E-state index < -0.39 is 16.9 Å². The predicted octanol–water partition coefficient (Wildman–Crippen LogP) is 5.26. The summed E-state index contributed by atoms with van der Waals surface area (Å²) in [5.41, 5.74) is 1.51. The molecule has 0 heterocycles. The third-order valence-electron chi connectivity index (χ3n) is 2.97. The molecular formula is C18H35N3O6S10. The minimum Gasteiger partial charge on any atom is -0.438 e. The maximum absolute atomic E-state index is 11.7. The maximum atomic E-state index is 11.7. The Bertz CT molecular complexity index is 598. The largest absolute Gasteiger partial charge is 0.438 e. The van der Waals surface area contributed by atoms with Crippen molar-refractivity contribution >= 4 is 135 Å². The topological polar surface area (TPSA) is 119 Å². The second-order valence-electron chi connectivity index (χ2n) is 5.76. The van der Waals surface area contributed by atoms with E-state index in [-0.39, 0.29) is 6.61 Å². The van der Waals surface area contributed by atoms with E-state index in [1.165, 1.54) is 11.9 Å². The van der Waals surface area contributed by atoms with Crippen molar-refractivity contribution in [1.82, 2.24) is 5.32 Å². The van der Waals surface area contributed by atoms with E-state index in [0.717, 1.165) is 31.2 Å². The van der Waals surface area contributed by atoms with Crippen LogP contribution in [0.5, 0.6) is 0 Å². The van der Waals surface area contributed by atoms with E-state index in [0.29, 0.717) is 41.0 Å². The minimum atomic E-state index is -1.04. The highest BCUT2D eigenvalue weighted by Gasteiger charge is 2.01. The number of rotatable bonds is 28. The number of hydrogen-bond acceptors (Lipinski definition) is 17. The Morgan fingerprint density at radius 3 is 2.38 bits per heavy atom. The molecule has 1 amide bonds. The second-order valence-corrected chi connectivity index (χ2v) is 17.8. The molecule has 0 bridgehead atoms. The first-order chi connectivity index (χ1) is 18.2. The molecular weight excluding hydrogens is 675 g/mol. The molecule has 1 unspecified atom stereocenters. The lowest BCUT2D eigenvalue weighted by Gasteiger charge is -2.06. The van der Waals surface area contributed by atoms with Crippen LogP contribution in [0, 0.1) is 0 Å². The lowest BCUT2D eigenvalue weighted by atomic mass is 10.9. The Morgan fingerprint density at radius 1 is 0.892 bits per heavy atom.